The molecule has 150 valence electrons. The van der Waals surface area contributed by atoms with Gasteiger partial charge in [0.1, 0.15) is 11.2 Å². The number of nitrogens with zero attached hydrogens (tertiary/aromatic N) is 3. The van der Waals surface area contributed by atoms with Gasteiger partial charge in [0, 0.05) is 23.3 Å². The van der Waals surface area contributed by atoms with E-state index in [2.05, 4.69) is 43.0 Å². The van der Waals surface area contributed by atoms with Gasteiger partial charge in [-0.1, -0.05) is 19.1 Å². The van der Waals surface area contributed by atoms with Crippen LogP contribution in [0.2, 0.25) is 0 Å². The van der Waals surface area contributed by atoms with Crippen molar-refractivity contribution < 1.29 is 4.42 Å². The van der Waals surface area contributed by atoms with Crippen LogP contribution in [0.15, 0.2) is 51.9 Å². The fraction of sp³-hybridized carbons (Fsp3) is 0.333. The lowest BCUT2D eigenvalue weighted by Crippen LogP contribution is -2.13. The van der Waals surface area contributed by atoms with Crippen LogP contribution in [0.5, 0.6) is 0 Å². The summed E-state index contributed by atoms with van der Waals surface area (Å²) in [5.41, 5.74) is 6.01. The van der Waals surface area contributed by atoms with Gasteiger partial charge in [-0.3, -0.25) is 0 Å². The molecule has 0 aliphatic rings. The van der Waals surface area contributed by atoms with Crippen molar-refractivity contribution in [2.75, 3.05) is 20.6 Å². The average molecular weight is 389 g/mol. The zero-order chi connectivity index (χ0) is 20.5. The topological polar surface area (TPSA) is 50.8 Å². The summed E-state index contributed by atoms with van der Waals surface area (Å²) in [6, 6.07) is 10.2. The molecule has 0 spiro atoms. The van der Waals surface area contributed by atoms with Crippen LogP contribution in [0.1, 0.15) is 30.2 Å². The summed E-state index contributed by atoms with van der Waals surface area (Å²) in [5.74, 6) is 0. The molecule has 0 unspecified atom stereocenters. The first-order chi connectivity index (χ1) is 13.9. The van der Waals surface area contributed by atoms with E-state index in [1.54, 1.807) is 0 Å². The second kappa shape index (κ2) is 7.84. The highest BCUT2D eigenvalue weighted by Gasteiger charge is 2.12. The maximum atomic E-state index is 12.8. The van der Waals surface area contributed by atoms with Crippen molar-refractivity contribution >= 4 is 16.6 Å². The third-order valence-corrected chi connectivity index (χ3v) is 5.31. The van der Waals surface area contributed by atoms with E-state index in [1.165, 1.54) is 5.56 Å². The molecule has 4 rings (SSSR count). The predicted octanol–water partition coefficient (Wildman–Crippen LogP) is 4.47. The number of hydrogen-bond donors (Lipinski definition) is 0. The van der Waals surface area contributed by atoms with Crippen molar-refractivity contribution in [1.82, 2.24) is 14.3 Å². The van der Waals surface area contributed by atoms with Crippen LogP contribution in [0.4, 0.5) is 0 Å². The number of hydrogen-bond acceptors (Lipinski definition) is 4. The van der Waals surface area contributed by atoms with E-state index in [1.807, 2.05) is 41.9 Å². The van der Waals surface area contributed by atoms with Crippen molar-refractivity contribution in [1.29, 1.82) is 0 Å². The lowest BCUT2D eigenvalue weighted by Gasteiger charge is -2.10. The molecule has 3 aromatic heterocycles. The van der Waals surface area contributed by atoms with Crippen LogP contribution in [-0.2, 0) is 12.8 Å². The Morgan fingerprint density at radius 2 is 1.97 bits per heavy atom. The van der Waals surface area contributed by atoms with Crippen molar-refractivity contribution in [3.63, 3.8) is 0 Å². The number of benzene rings is 1. The lowest BCUT2D eigenvalue weighted by molar-refractivity contribution is 0.400. The van der Waals surface area contributed by atoms with Gasteiger partial charge >= 0.3 is 5.63 Å². The summed E-state index contributed by atoms with van der Waals surface area (Å²) in [6.45, 7) is 5.12. The first-order valence-corrected chi connectivity index (χ1v) is 10.1. The zero-order valence-corrected chi connectivity index (χ0v) is 17.5. The molecular formula is C24H27N3O2. The van der Waals surface area contributed by atoms with Crippen molar-refractivity contribution in [3.8, 4) is 11.1 Å². The van der Waals surface area contributed by atoms with E-state index in [0.29, 0.717) is 11.1 Å². The number of fused-ring (bicyclic) bond motifs is 2. The summed E-state index contributed by atoms with van der Waals surface area (Å²) in [5, 5.41) is 0.941. The van der Waals surface area contributed by atoms with Crippen molar-refractivity contribution in [3.05, 3.63) is 70.0 Å². The van der Waals surface area contributed by atoms with Gasteiger partial charge in [-0.2, -0.15) is 0 Å². The third kappa shape index (κ3) is 3.96. The number of aryl methyl sites for hydroxylation is 3. The van der Waals surface area contributed by atoms with Gasteiger partial charge in [-0.25, -0.2) is 9.78 Å². The monoisotopic (exact) mass is 389 g/mol. The van der Waals surface area contributed by atoms with E-state index >= 15 is 0 Å². The molecule has 0 N–H and O–H groups in total. The second-order valence-electron chi connectivity index (χ2n) is 7.95. The SMILES string of the molecule is CCc1cc(-c2cc3ccc(CCCN(C)C)cc3oc2=O)cn2cc(C)nc12. The van der Waals surface area contributed by atoms with Crippen LogP contribution in [0.3, 0.4) is 0 Å². The van der Waals surface area contributed by atoms with E-state index in [-0.39, 0.29) is 5.63 Å². The maximum absolute atomic E-state index is 12.8. The van der Waals surface area contributed by atoms with Gasteiger partial charge in [0.25, 0.3) is 0 Å². The van der Waals surface area contributed by atoms with Crippen molar-refractivity contribution in [2.24, 2.45) is 0 Å². The van der Waals surface area contributed by atoms with Crippen LogP contribution in [0, 0.1) is 6.92 Å². The summed E-state index contributed by atoms with van der Waals surface area (Å²) < 4.78 is 7.72. The van der Waals surface area contributed by atoms with Gasteiger partial charge in [0.05, 0.1) is 11.3 Å². The van der Waals surface area contributed by atoms with Crippen LogP contribution in [0.25, 0.3) is 27.7 Å². The smallest absolute Gasteiger partial charge is 0.344 e. The molecular weight excluding hydrogens is 362 g/mol. The van der Waals surface area contributed by atoms with Gasteiger partial charge < -0.3 is 13.7 Å². The second-order valence-corrected chi connectivity index (χ2v) is 7.95. The molecule has 0 bridgehead atoms. The summed E-state index contributed by atoms with van der Waals surface area (Å²) in [7, 11) is 4.15. The number of imidazole rings is 1. The van der Waals surface area contributed by atoms with Gasteiger partial charge in [0.2, 0.25) is 0 Å². The molecule has 0 fully saturated rings. The lowest BCUT2D eigenvalue weighted by atomic mass is 10.0. The van der Waals surface area contributed by atoms with E-state index in [9.17, 15) is 4.79 Å². The van der Waals surface area contributed by atoms with Gasteiger partial charge in [-0.15, -0.1) is 0 Å². The normalized spacial score (nSPS) is 11.8. The molecule has 0 saturated heterocycles. The van der Waals surface area contributed by atoms with Crippen LogP contribution in [-0.4, -0.2) is 34.9 Å². The molecule has 3 heterocycles. The molecule has 0 aliphatic heterocycles. The highest BCUT2D eigenvalue weighted by atomic mass is 16.4. The molecule has 0 amide bonds. The Balaban J connectivity index is 1.74. The molecule has 29 heavy (non-hydrogen) atoms. The van der Waals surface area contributed by atoms with E-state index < -0.39 is 0 Å². The summed E-state index contributed by atoms with van der Waals surface area (Å²) >= 11 is 0. The van der Waals surface area contributed by atoms with Crippen LogP contribution < -0.4 is 5.63 Å². The molecule has 5 heteroatoms. The highest BCUT2D eigenvalue weighted by Crippen LogP contribution is 2.25. The maximum Gasteiger partial charge on any atom is 0.344 e. The van der Waals surface area contributed by atoms with E-state index in [0.717, 1.165) is 53.7 Å². The molecule has 0 aliphatic carbocycles. The minimum Gasteiger partial charge on any atom is -0.422 e. The Morgan fingerprint density at radius 3 is 2.72 bits per heavy atom. The molecule has 5 nitrogen and oxygen atoms in total. The minimum atomic E-state index is -0.304. The minimum absolute atomic E-state index is 0.304. The third-order valence-electron chi connectivity index (χ3n) is 5.31. The predicted molar refractivity (Wildman–Crippen MR) is 118 cm³/mol. The first-order valence-electron chi connectivity index (χ1n) is 10.1. The summed E-state index contributed by atoms with van der Waals surface area (Å²) in [4.78, 5) is 19.6. The summed E-state index contributed by atoms with van der Waals surface area (Å²) in [6.07, 6.45) is 6.84. The Bertz CT molecular complexity index is 1230. The Morgan fingerprint density at radius 1 is 1.14 bits per heavy atom. The first kappa shape index (κ1) is 19.4. The molecule has 0 radical (unpaired) electrons. The highest BCUT2D eigenvalue weighted by molar-refractivity contribution is 5.82. The molecule has 0 saturated carbocycles. The Labute approximate surface area is 170 Å². The quantitative estimate of drug-likeness (QED) is 0.457. The van der Waals surface area contributed by atoms with Gasteiger partial charge in [-0.05, 0) is 76.2 Å². The van der Waals surface area contributed by atoms with Crippen LogP contribution >= 0.6 is 0 Å². The number of aromatic nitrogens is 2. The Kier molecular flexibility index (Phi) is 5.24. The Hall–Kier alpha value is -2.92. The zero-order valence-electron chi connectivity index (χ0n) is 17.5. The fourth-order valence-corrected chi connectivity index (χ4v) is 3.81. The van der Waals surface area contributed by atoms with Gasteiger partial charge in [0.15, 0.2) is 0 Å². The largest absolute Gasteiger partial charge is 0.422 e. The fourth-order valence-electron chi connectivity index (χ4n) is 3.81. The molecule has 4 aromatic rings. The van der Waals surface area contributed by atoms with E-state index in [4.69, 9.17) is 4.42 Å². The number of pyridine rings is 1. The molecule has 1 aromatic carbocycles. The van der Waals surface area contributed by atoms with Crippen molar-refractivity contribution in [2.45, 2.75) is 33.1 Å². The standard InChI is InChI=1S/C24H27N3O2/c1-5-18-12-20(15-27-14-16(2)25-23(18)27)21-13-19-9-8-17(7-6-10-26(3)4)11-22(19)29-24(21)28/h8-9,11-15H,5-7,10H2,1-4H3. The number of rotatable bonds is 6. The molecule has 0 atom stereocenters. The average Bonchev–Trinajstić information content (AvgIpc) is 3.06.